The summed E-state index contributed by atoms with van der Waals surface area (Å²) >= 11 is 14.7. The quantitative estimate of drug-likeness (QED) is 0.809. The van der Waals surface area contributed by atoms with Crippen molar-refractivity contribution in [1.82, 2.24) is 0 Å². The summed E-state index contributed by atoms with van der Waals surface area (Å²) in [5.74, 6) is 0.0586. The van der Waals surface area contributed by atoms with Crippen molar-refractivity contribution in [3.05, 3.63) is 33.8 Å². The van der Waals surface area contributed by atoms with Gasteiger partial charge in [0.2, 0.25) is 0 Å². The van der Waals surface area contributed by atoms with E-state index < -0.39 is 0 Å². The van der Waals surface area contributed by atoms with Gasteiger partial charge in [0.1, 0.15) is 5.75 Å². The molecule has 0 aliphatic rings. The van der Waals surface area contributed by atoms with Gasteiger partial charge >= 0.3 is 0 Å². The number of rotatable bonds is 2. The zero-order valence-electron chi connectivity index (χ0n) is 6.60. The standard InChI is InChI=1S/C9H7BrCl2O/c10-3-1-2-6-4-7(11)5-8(12)9(6)13/h1-2,4-5,13H,3H2. The third kappa shape index (κ3) is 2.90. The van der Waals surface area contributed by atoms with Crippen molar-refractivity contribution in [3.8, 4) is 5.75 Å². The van der Waals surface area contributed by atoms with Crippen LogP contribution >= 0.6 is 39.1 Å². The third-order valence-electron chi connectivity index (χ3n) is 1.44. The number of hydrogen-bond donors (Lipinski definition) is 1. The normalized spacial score (nSPS) is 11.0. The first kappa shape index (κ1) is 10.9. The minimum Gasteiger partial charge on any atom is -0.506 e. The predicted molar refractivity (Wildman–Crippen MR) is 61.0 cm³/mol. The number of phenols is 1. The van der Waals surface area contributed by atoms with Crippen LogP contribution in [0.25, 0.3) is 6.08 Å². The van der Waals surface area contributed by atoms with Crippen molar-refractivity contribution in [1.29, 1.82) is 0 Å². The second-order valence-electron chi connectivity index (χ2n) is 2.38. The lowest BCUT2D eigenvalue weighted by molar-refractivity contribution is 0.474. The average Bonchev–Trinajstić information content (AvgIpc) is 2.09. The molecule has 13 heavy (non-hydrogen) atoms. The Bertz CT molecular complexity index is 337. The fraction of sp³-hybridized carbons (Fsp3) is 0.111. The fourth-order valence-corrected chi connectivity index (χ4v) is 1.58. The second kappa shape index (κ2) is 4.89. The minimum atomic E-state index is 0.0586. The lowest BCUT2D eigenvalue weighted by Crippen LogP contribution is -1.77. The first-order valence-corrected chi connectivity index (χ1v) is 5.43. The number of benzene rings is 1. The molecule has 0 radical (unpaired) electrons. The van der Waals surface area contributed by atoms with Crippen LogP contribution in [-0.2, 0) is 0 Å². The zero-order chi connectivity index (χ0) is 9.84. The highest BCUT2D eigenvalue weighted by Crippen LogP contribution is 2.31. The maximum Gasteiger partial charge on any atom is 0.141 e. The Morgan fingerprint density at radius 3 is 2.69 bits per heavy atom. The predicted octanol–water partition coefficient (Wildman–Crippen LogP) is 4.11. The molecule has 0 heterocycles. The highest BCUT2D eigenvalue weighted by Gasteiger charge is 2.04. The number of allylic oxidation sites excluding steroid dienone is 1. The number of halogens is 3. The molecule has 0 atom stereocenters. The molecule has 0 amide bonds. The van der Waals surface area contributed by atoms with Crippen LogP contribution in [0.5, 0.6) is 5.75 Å². The second-order valence-corrected chi connectivity index (χ2v) is 3.87. The maximum atomic E-state index is 9.49. The molecule has 1 nitrogen and oxygen atoms in total. The van der Waals surface area contributed by atoms with E-state index >= 15 is 0 Å². The van der Waals surface area contributed by atoms with Crippen molar-refractivity contribution in [2.24, 2.45) is 0 Å². The summed E-state index contributed by atoms with van der Waals surface area (Å²) in [6, 6.07) is 3.16. The van der Waals surface area contributed by atoms with Gasteiger partial charge in [0.15, 0.2) is 0 Å². The van der Waals surface area contributed by atoms with Crippen LogP contribution in [0.1, 0.15) is 5.56 Å². The molecule has 0 saturated heterocycles. The van der Waals surface area contributed by atoms with Gasteiger partial charge < -0.3 is 5.11 Å². The Balaban J connectivity index is 3.12. The van der Waals surface area contributed by atoms with Gasteiger partial charge in [-0.05, 0) is 12.1 Å². The van der Waals surface area contributed by atoms with Gasteiger partial charge in [0, 0.05) is 15.9 Å². The van der Waals surface area contributed by atoms with Crippen LogP contribution in [0.3, 0.4) is 0 Å². The number of aromatic hydroxyl groups is 1. The average molecular weight is 282 g/mol. The third-order valence-corrected chi connectivity index (χ3v) is 2.32. The van der Waals surface area contributed by atoms with Crippen molar-refractivity contribution < 1.29 is 5.11 Å². The molecule has 1 aromatic rings. The molecule has 1 N–H and O–H groups in total. The van der Waals surface area contributed by atoms with Crippen LogP contribution in [0.4, 0.5) is 0 Å². The van der Waals surface area contributed by atoms with Crippen molar-refractivity contribution >= 4 is 45.2 Å². The molecule has 0 spiro atoms. The van der Waals surface area contributed by atoms with E-state index in [4.69, 9.17) is 23.2 Å². The summed E-state index contributed by atoms with van der Waals surface area (Å²) in [5, 5.41) is 11.0. The fourth-order valence-electron chi connectivity index (χ4n) is 0.884. The van der Waals surface area contributed by atoms with Crippen molar-refractivity contribution in [3.63, 3.8) is 0 Å². The first-order chi connectivity index (χ1) is 6.15. The Morgan fingerprint density at radius 2 is 2.08 bits per heavy atom. The van der Waals surface area contributed by atoms with E-state index in [9.17, 15) is 5.11 Å². The molecule has 0 aromatic heterocycles. The van der Waals surface area contributed by atoms with Crippen LogP contribution in [-0.4, -0.2) is 10.4 Å². The maximum absolute atomic E-state index is 9.49. The molecule has 0 saturated carbocycles. The first-order valence-electron chi connectivity index (χ1n) is 3.55. The highest BCUT2D eigenvalue weighted by molar-refractivity contribution is 9.09. The number of phenolic OH excluding ortho intramolecular Hbond substituents is 1. The van der Waals surface area contributed by atoms with Gasteiger partial charge in [-0.2, -0.15) is 0 Å². The summed E-state index contributed by atoms with van der Waals surface area (Å²) in [6.07, 6.45) is 3.60. The van der Waals surface area contributed by atoms with Gasteiger partial charge in [-0.3, -0.25) is 0 Å². The van der Waals surface area contributed by atoms with Gasteiger partial charge in [-0.15, -0.1) is 0 Å². The Hall–Kier alpha value is -0.180. The van der Waals surface area contributed by atoms with Gasteiger partial charge in [-0.1, -0.05) is 51.3 Å². The summed E-state index contributed by atoms with van der Waals surface area (Å²) in [6.45, 7) is 0. The molecular weight excluding hydrogens is 275 g/mol. The van der Waals surface area contributed by atoms with E-state index in [1.54, 1.807) is 12.1 Å². The Morgan fingerprint density at radius 1 is 1.38 bits per heavy atom. The SMILES string of the molecule is Oc1c(Cl)cc(Cl)cc1C=CCBr. The van der Waals surface area contributed by atoms with E-state index in [0.717, 1.165) is 5.33 Å². The molecule has 1 rings (SSSR count). The minimum absolute atomic E-state index is 0.0586. The smallest absolute Gasteiger partial charge is 0.141 e. The largest absolute Gasteiger partial charge is 0.506 e. The zero-order valence-corrected chi connectivity index (χ0v) is 9.70. The Kier molecular flexibility index (Phi) is 4.10. The van der Waals surface area contributed by atoms with Gasteiger partial charge in [-0.25, -0.2) is 0 Å². The molecule has 0 bridgehead atoms. The van der Waals surface area contributed by atoms with E-state index in [-0.39, 0.29) is 10.8 Å². The van der Waals surface area contributed by atoms with Gasteiger partial charge in [0.25, 0.3) is 0 Å². The molecular formula is C9H7BrCl2O. The summed E-state index contributed by atoms with van der Waals surface area (Å²) in [4.78, 5) is 0. The number of alkyl halides is 1. The van der Waals surface area contributed by atoms with Crippen molar-refractivity contribution in [2.45, 2.75) is 0 Å². The topological polar surface area (TPSA) is 20.2 Å². The van der Waals surface area contributed by atoms with E-state index in [1.807, 2.05) is 6.08 Å². The molecule has 0 aliphatic carbocycles. The van der Waals surface area contributed by atoms with E-state index in [1.165, 1.54) is 6.07 Å². The summed E-state index contributed by atoms with van der Waals surface area (Å²) in [5.41, 5.74) is 0.622. The lowest BCUT2D eigenvalue weighted by Gasteiger charge is -2.02. The number of hydrogen-bond acceptors (Lipinski definition) is 1. The van der Waals surface area contributed by atoms with E-state index in [0.29, 0.717) is 10.6 Å². The lowest BCUT2D eigenvalue weighted by atomic mass is 10.2. The Labute approximate surface area is 95.1 Å². The van der Waals surface area contributed by atoms with Crippen LogP contribution in [0, 0.1) is 0 Å². The van der Waals surface area contributed by atoms with Gasteiger partial charge in [0.05, 0.1) is 5.02 Å². The summed E-state index contributed by atoms with van der Waals surface area (Å²) in [7, 11) is 0. The molecule has 4 heteroatoms. The molecule has 0 unspecified atom stereocenters. The molecule has 70 valence electrons. The monoisotopic (exact) mass is 280 g/mol. The van der Waals surface area contributed by atoms with Crippen LogP contribution in [0.2, 0.25) is 10.0 Å². The molecule has 0 aliphatic heterocycles. The van der Waals surface area contributed by atoms with Crippen LogP contribution in [0.15, 0.2) is 18.2 Å². The summed E-state index contributed by atoms with van der Waals surface area (Å²) < 4.78 is 0. The van der Waals surface area contributed by atoms with Crippen molar-refractivity contribution in [2.75, 3.05) is 5.33 Å². The van der Waals surface area contributed by atoms with E-state index in [2.05, 4.69) is 15.9 Å². The molecule has 1 aromatic carbocycles. The molecule has 0 fully saturated rings. The highest BCUT2D eigenvalue weighted by atomic mass is 79.9. The van der Waals surface area contributed by atoms with Crippen LogP contribution < -0.4 is 0 Å².